The predicted molar refractivity (Wildman–Crippen MR) is 121 cm³/mol. The van der Waals surface area contributed by atoms with Crippen LogP contribution in [0.15, 0.2) is 53.5 Å². The highest BCUT2D eigenvalue weighted by Gasteiger charge is 2.21. The Hall–Kier alpha value is -1.53. The second kappa shape index (κ2) is 11.5. The maximum Gasteiger partial charge on any atom is 0.0858 e. The number of aliphatic imine (C=N–C) groups is 1. The van der Waals surface area contributed by atoms with E-state index >= 15 is 0 Å². The van der Waals surface area contributed by atoms with E-state index in [1.54, 1.807) is 11.9 Å². The van der Waals surface area contributed by atoms with Gasteiger partial charge in [-0.25, -0.2) is 4.99 Å². The van der Waals surface area contributed by atoms with Gasteiger partial charge in [-0.3, -0.25) is 10.0 Å². The van der Waals surface area contributed by atoms with E-state index in [4.69, 9.17) is 5.11 Å². The molecule has 0 spiro atoms. The van der Waals surface area contributed by atoms with Crippen LogP contribution in [0.25, 0.3) is 0 Å². The van der Waals surface area contributed by atoms with Gasteiger partial charge in [0, 0.05) is 12.6 Å². The lowest BCUT2D eigenvalue weighted by Crippen LogP contribution is -2.22. The van der Waals surface area contributed by atoms with Gasteiger partial charge in [-0.15, -0.1) is 0 Å². The van der Waals surface area contributed by atoms with Gasteiger partial charge in [-0.1, -0.05) is 60.5 Å². The fourth-order valence-corrected chi connectivity index (χ4v) is 4.56. The number of aryl methyl sites for hydroxylation is 2. The first-order valence-corrected chi connectivity index (χ1v) is 11.1. The molecule has 2 aliphatic rings. The number of aliphatic hydroxyl groups excluding tert-OH is 1. The zero-order valence-corrected chi connectivity index (χ0v) is 17.6. The van der Waals surface area contributed by atoms with Gasteiger partial charge < -0.3 is 5.11 Å². The number of fused-ring (bicyclic) bond motifs is 2. The fraction of sp³-hybridized carbons (Fsp3) is 0.409. The lowest BCUT2D eigenvalue weighted by Gasteiger charge is -2.13. The molecule has 28 heavy (non-hydrogen) atoms. The van der Waals surface area contributed by atoms with Crippen LogP contribution in [0.4, 0.5) is 0 Å². The highest BCUT2D eigenvalue weighted by atomic mass is 32.2. The predicted octanol–water partition coefficient (Wildman–Crippen LogP) is 4.23. The van der Waals surface area contributed by atoms with Crippen LogP contribution in [0.5, 0.6) is 0 Å². The van der Waals surface area contributed by atoms with Gasteiger partial charge in [-0.2, -0.15) is 0 Å². The summed E-state index contributed by atoms with van der Waals surface area (Å²) in [5.41, 5.74) is 5.67. The normalized spacial score (nSPS) is 19.2. The lowest BCUT2D eigenvalue weighted by molar-refractivity contribution is 0.302. The summed E-state index contributed by atoms with van der Waals surface area (Å²) in [7, 11) is 0. The van der Waals surface area contributed by atoms with Gasteiger partial charge in [0.1, 0.15) is 0 Å². The molecule has 2 aliphatic carbocycles. The molecule has 0 aromatic heterocycles. The van der Waals surface area contributed by atoms with E-state index in [0.29, 0.717) is 12.6 Å². The van der Waals surface area contributed by atoms with Crippen LogP contribution >= 0.6 is 24.2 Å². The average Bonchev–Trinajstić information content (AvgIpc) is 3.33. The number of hydrogen-bond donors (Lipinski definition) is 3. The molecule has 2 aromatic rings. The number of benzene rings is 2. The Kier molecular flexibility index (Phi) is 8.68. The second-order valence-electron chi connectivity index (χ2n) is 6.87. The molecule has 2 aromatic carbocycles. The van der Waals surface area contributed by atoms with E-state index in [1.165, 1.54) is 35.1 Å². The summed E-state index contributed by atoms with van der Waals surface area (Å²) in [6, 6.07) is 17.8. The number of aliphatic hydroxyl groups is 1. The SMILES string of the molecule is OCCNSCNC1CCc2ccccc21.S=C=NC1CCc2ccccc21. The average molecular weight is 414 g/mol. The van der Waals surface area contributed by atoms with Crippen molar-refractivity contribution in [3.05, 3.63) is 70.8 Å². The van der Waals surface area contributed by atoms with E-state index < -0.39 is 0 Å². The van der Waals surface area contributed by atoms with Crippen LogP contribution in [0.3, 0.4) is 0 Å². The summed E-state index contributed by atoms with van der Waals surface area (Å²) in [5, 5.41) is 14.6. The van der Waals surface area contributed by atoms with Crippen molar-refractivity contribution < 1.29 is 5.11 Å². The van der Waals surface area contributed by atoms with Gasteiger partial charge in [0.15, 0.2) is 0 Å². The minimum absolute atomic E-state index is 0.194. The van der Waals surface area contributed by atoms with Crippen LogP contribution in [0.2, 0.25) is 0 Å². The van der Waals surface area contributed by atoms with Crippen molar-refractivity contribution in [1.82, 2.24) is 10.0 Å². The summed E-state index contributed by atoms with van der Waals surface area (Å²) >= 11 is 6.22. The summed E-state index contributed by atoms with van der Waals surface area (Å²) in [5.74, 6) is 0.874. The molecule has 0 saturated carbocycles. The lowest BCUT2D eigenvalue weighted by atomic mass is 10.1. The maximum atomic E-state index is 8.61. The Morgan fingerprint density at radius 1 is 1.04 bits per heavy atom. The van der Waals surface area contributed by atoms with Gasteiger partial charge in [-0.05, 0) is 60.2 Å². The molecular weight excluding hydrogens is 386 g/mol. The Balaban J connectivity index is 0.000000167. The molecule has 4 rings (SSSR count). The van der Waals surface area contributed by atoms with Crippen molar-refractivity contribution >= 4 is 29.3 Å². The zero-order chi connectivity index (χ0) is 19.6. The quantitative estimate of drug-likeness (QED) is 0.209. The number of isothiocyanates is 1. The zero-order valence-electron chi connectivity index (χ0n) is 15.9. The molecule has 0 saturated heterocycles. The molecule has 3 N–H and O–H groups in total. The van der Waals surface area contributed by atoms with E-state index in [2.05, 4.69) is 80.9 Å². The van der Waals surface area contributed by atoms with Gasteiger partial charge in [0.2, 0.25) is 0 Å². The van der Waals surface area contributed by atoms with Crippen molar-refractivity contribution in [2.75, 3.05) is 19.0 Å². The standard InChI is InChI=1S/C12H18N2OS.C10H9NS/c15-8-7-14-16-9-13-12-6-5-10-3-1-2-4-11(10)12;12-7-11-10-6-5-8-3-1-2-4-9(8)10/h1-4,12-15H,5-9H2;1-4,10H,5-6H2. The Bertz CT molecular complexity index is 808. The molecular formula is C22H27N3OS2. The Labute approximate surface area is 177 Å². The van der Waals surface area contributed by atoms with E-state index in [-0.39, 0.29) is 12.6 Å². The molecule has 0 radical (unpaired) electrons. The monoisotopic (exact) mass is 413 g/mol. The molecule has 0 heterocycles. The van der Waals surface area contributed by atoms with E-state index in [0.717, 1.165) is 18.7 Å². The van der Waals surface area contributed by atoms with Crippen molar-refractivity contribution in [3.8, 4) is 0 Å². The van der Waals surface area contributed by atoms with Gasteiger partial charge in [0.25, 0.3) is 0 Å². The smallest absolute Gasteiger partial charge is 0.0858 e. The molecule has 0 bridgehead atoms. The van der Waals surface area contributed by atoms with Crippen molar-refractivity contribution in [1.29, 1.82) is 0 Å². The summed E-state index contributed by atoms with van der Waals surface area (Å²) in [6.45, 7) is 0.840. The Morgan fingerprint density at radius 2 is 1.71 bits per heavy atom. The second-order valence-corrected chi connectivity index (χ2v) is 7.92. The van der Waals surface area contributed by atoms with Crippen LogP contribution in [0.1, 0.15) is 47.2 Å². The summed E-state index contributed by atoms with van der Waals surface area (Å²) in [4.78, 5) is 4.13. The molecule has 4 nitrogen and oxygen atoms in total. The third-order valence-corrected chi connectivity index (χ3v) is 5.99. The minimum atomic E-state index is 0.194. The number of rotatable bonds is 7. The van der Waals surface area contributed by atoms with Crippen LogP contribution in [-0.4, -0.2) is 29.3 Å². The largest absolute Gasteiger partial charge is 0.395 e. The van der Waals surface area contributed by atoms with Gasteiger partial charge in [0.05, 0.1) is 23.7 Å². The van der Waals surface area contributed by atoms with E-state index in [9.17, 15) is 0 Å². The van der Waals surface area contributed by atoms with Crippen molar-refractivity contribution in [2.45, 2.75) is 37.8 Å². The van der Waals surface area contributed by atoms with E-state index in [1.807, 2.05) is 0 Å². The molecule has 148 valence electrons. The summed E-state index contributed by atoms with van der Waals surface area (Å²) < 4.78 is 3.09. The summed E-state index contributed by atoms with van der Waals surface area (Å²) in [6.07, 6.45) is 4.59. The number of thiocarbonyl (C=S) groups is 1. The first kappa shape index (κ1) is 21.2. The third-order valence-electron chi connectivity index (χ3n) is 5.16. The van der Waals surface area contributed by atoms with Crippen LogP contribution in [0, 0.1) is 0 Å². The highest BCUT2D eigenvalue weighted by molar-refractivity contribution is 7.97. The number of nitrogens with one attached hydrogen (secondary N) is 2. The molecule has 2 unspecified atom stereocenters. The molecule has 2 atom stereocenters. The highest BCUT2D eigenvalue weighted by Crippen LogP contribution is 2.33. The minimum Gasteiger partial charge on any atom is -0.395 e. The number of hydrogen-bond acceptors (Lipinski definition) is 6. The Morgan fingerprint density at radius 3 is 2.46 bits per heavy atom. The third kappa shape index (κ3) is 5.74. The maximum absolute atomic E-state index is 8.61. The number of nitrogens with zero attached hydrogens (tertiary/aromatic N) is 1. The first-order valence-electron chi connectivity index (χ1n) is 9.75. The van der Waals surface area contributed by atoms with Crippen LogP contribution in [-0.2, 0) is 12.8 Å². The topological polar surface area (TPSA) is 56.6 Å². The van der Waals surface area contributed by atoms with Crippen LogP contribution < -0.4 is 10.0 Å². The van der Waals surface area contributed by atoms with Crippen molar-refractivity contribution in [2.24, 2.45) is 4.99 Å². The first-order chi connectivity index (χ1) is 13.8. The molecule has 0 amide bonds. The van der Waals surface area contributed by atoms with Gasteiger partial charge >= 0.3 is 0 Å². The molecule has 0 fully saturated rings. The fourth-order valence-electron chi connectivity index (χ4n) is 3.81. The molecule has 0 aliphatic heterocycles. The van der Waals surface area contributed by atoms with Crippen molar-refractivity contribution in [3.63, 3.8) is 0 Å². The molecule has 6 heteroatoms.